The van der Waals surface area contributed by atoms with E-state index in [2.05, 4.69) is 14.8 Å². The topological polar surface area (TPSA) is 70.2 Å². The van der Waals surface area contributed by atoms with Crippen LogP contribution in [0, 0.1) is 4.84 Å². The van der Waals surface area contributed by atoms with E-state index in [0.29, 0.717) is 11.1 Å². The Morgan fingerprint density at radius 2 is 1.85 bits per heavy atom. The highest BCUT2D eigenvalue weighted by Gasteiger charge is 2.21. The maximum Gasteiger partial charge on any atom is 0.387 e. The highest BCUT2D eigenvalue weighted by atomic mass is 32.1. The molecule has 0 fully saturated rings. The van der Waals surface area contributed by atoms with E-state index < -0.39 is 12.7 Å². The first-order valence-corrected chi connectivity index (χ1v) is 7.95. The molecular weight excluding hydrogens is 364 g/mol. The number of nitrogens with zero attached hydrogens (tertiary/aromatic N) is 3. The highest BCUT2D eigenvalue weighted by molar-refractivity contribution is 7.71. The van der Waals surface area contributed by atoms with Crippen molar-refractivity contribution >= 4 is 18.0 Å². The fourth-order valence-electron chi connectivity index (χ4n) is 2.30. The fourth-order valence-corrected chi connectivity index (χ4v) is 2.58. The molecule has 0 N–H and O–H groups in total. The number of pyridine rings is 1. The van der Waals surface area contributed by atoms with Crippen molar-refractivity contribution in [2.75, 3.05) is 0 Å². The maximum absolute atomic E-state index is 12.6. The SMILES string of the molecule is C[C@@H](C(=O)c1ccc(OC(F)F)cc1)n1nc(-c2ccncc2)oc1=S. The van der Waals surface area contributed by atoms with Crippen LogP contribution in [0.3, 0.4) is 0 Å². The van der Waals surface area contributed by atoms with Gasteiger partial charge in [-0.1, -0.05) is 0 Å². The van der Waals surface area contributed by atoms with Gasteiger partial charge >= 0.3 is 6.61 Å². The van der Waals surface area contributed by atoms with Gasteiger partial charge in [-0.3, -0.25) is 9.78 Å². The first kappa shape index (κ1) is 17.9. The van der Waals surface area contributed by atoms with Gasteiger partial charge in [0.1, 0.15) is 11.8 Å². The largest absolute Gasteiger partial charge is 0.435 e. The Balaban J connectivity index is 1.83. The summed E-state index contributed by atoms with van der Waals surface area (Å²) in [6.07, 6.45) is 3.18. The maximum atomic E-state index is 12.6. The van der Waals surface area contributed by atoms with Gasteiger partial charge in [0, 0.05) is 23.5 Å². The number of hydrogen-bond donors (Lipinski definition) is 0. The molecule has 6 nitrogen and oxygen atoms in total. The van der Waals surface area contributed by atoms with Crippen molar-refractivity contribution < 1.29 is 22.7 Å². The predicted octanol–water partition coefficient (Wildman–Crippen LogP) is 4.31. The average molecular weight is 377 g/mol. The van der Waals surface area contributed by atoms with Crippen LogP contribution in [-0.2, 0) is 0 Å². The molecular formula is C17H13F2N3O3S. The van der Waals surface area contributed by atoms with Crippen molar-refractivity contribution in [2.24, 2.45) is 0 Å². The van der Waals surface area contributed by atoms with Crippen LogP contribution in [0.2, 0.25) is 0 Å². The normalized spacial score (nSPS) is 12.2. The Bertz CT molecular complexity index is 955. The van der Waals surface area contributed by atoms with E-state index in [1.54, 1.807) is 31.5 Å². The Morgan fingerprint density at radius 1 is 1.19 bits per heavy atom. The van der Waals surface area contributed by atoms with Crippen molar-refractivity contribution in [1.29, 1.82) is 0 Å². The van der Waals surface area contributed by atoms with Crippen molar-refractivity contribution in [3.05, 3.63) is 59.2 Å². The lowest BCUT2D eigenvalue weighted by atomic mass is 10.1. The molecule has 0 aliphatic carbocycles. The number of aromatic nitrogens is 3. The molecule has 2 aromatic heterocycles. The van der Waals surface area contributed by atoms with Crippen molar-refractivity contribution in [3.8, 4) is 17.2 Å². The monoisotopic (exact) mass is 377 g/mol. The number of carbonyl (C=O) groups is 1. The summed E-state index contributed by atoms with van der Waals surface area (Å²) in [5.74, 6) is -0.0424. The lowest BCUT2D eigenvalue weighted by Gasteiger charge is -2.10. The van der Waals surface area contributed by atoms with E-state index in [0.717, 1.165) is 0 Å². The zero-order valence-corrected chi connectivity index (χ0v) is 14.3. The summed E-state index contributed by atoms with van der Waals surface area (Å²) in [5, 5.41) is 4.26. The van der Waals surface area contributed by atoms with Crippen LogP contribution in [-0.4, -0.2) is 27.2 Å². The van der Waals surface area contributed by atoms with Crippen LogP contribution in [0.1, 0.15) is 23.3 Å². The number of rotatable bonds is 6. The molecule has 1 aromatic carbocycles. The Hall–Kier alpha value is -2.94. The van der Waals surface area contributed by atoms with E-state index in [1.807, 2.05) is 0 Å². The number of hydrogen-bond acceptors (Lipinski definition) is 6. The minimum atomic E-state index is -2.92. The van der Waals surface area contributed by atoms with Gasteiger partial charge in [-0.05, 0) is 55.5 Å². The van der Waals surface area contributed by atoms with Gasteiger partial charge in [-0.15, -0.1) is 5.10 Å². The van der Waals surface area contributed by atoms with E-state index >= 15 is 0 Å². The van der Waals surface area contributed by atoms with E-state index in [4.69, 9.17) is 16.6 Å². The van der Waals surface area contributed by atoms with Crippen LogP contribution in [0.25, 0.3) is 11.5 Å². The van der Waals surface area contributed by atoms with Gasteiger partial charge in [0.25, 0.3) is 4.84 Å². The number of benzene rings is 1. The first-order chi connectivity index (χ1) is 12.5. The molecule has 3 aromatic rings. The van der Waals surface area contributed by atoms with Gasteiger partial charge in [0.05, 0.1) is 0 Å². The molecule has 0 amide bonds. The zero-order chi connectivity index (χ0) is 18.7. The zero-order valence-electron chi connectivity index (χ0n) is 13.5. The van der Waals surface area contributed by atoms with Crippen molar-refractivity contribution in [2.45, 2.75) is 19.6 Å². The van der Waals surface area contributed by atoms with Crippen molar-refractivity contribution in [1.82, 2.24) is 14.8 Å². The fraction of sp³-hybridized carbons (Fsp3) is 0.176. The summed E-state index contributed by atoms with van der Waals surface area (Å²) in [6, 6.07) is 8.10. The Labute approximate surface area is 152 Å². The predicted molar refractivity (Wildman–Crippen MR) is 90.7 cm³/mol. The molecule has 134 valence electrons. The van der Waals surface area contributed by atoms with E-state index in [-0.39, 0.29) is 22.3 Å². The summed E-state index contributed by atoms with van der Waals surface area (Å²) >= 11 is 5.15. The Kier molecular flexibility index (Phi) is 5.17. The molecule has 9 heteroatoms. The molecule has 0 bridgehead atoms. The second-order valence-electron chi connectivity index (χ2n) is 5.30. The summed E-state index contributed by atoms with van der Waals surface area (Å²) in [7, 11) is 0. The highest BCUT2D eigenvalue weighted by Crippen LogP contribution is 2.22. The van der Waals surface area contributed by atoms with Crippen LogP contribution in [0.5, 0.6) is 5.75 Å². The van der Waals surface area contributed by atoms with Gasteiger partial charge in [0.2, 0.25) is 5.89 Å². The van der Waals surface area contributed by atoms with E-state index in [9.17, 15) is 13.6 Å². The molecule has 0 saturated carbocycles. The van der Waals surface area contributed by atoms with Gasteiger partial charge in [0.15, 0.2) is 5.78 Å². The molecule has 0 aliphatic heterocycles. The number of alkyl halides is 2. The minimum absolute atomic E-state index is 0.0257. The number of halogens is 2. The third kappa shape index (κ3) is 3.83. The molecule has 1 atom stereocenters. The average Bonchev–Trinajstić information content (AvgIpc) is 3.03. The van der Waals surface area contributed by atoms with Crippen LogP contribution >= 0.6 is 12.2 Å². The van der Waals surface area contributed by atoms with Crippen LogP contribution in [0.15, 0.2) is 53.2 Å². The van der Waals surface area contributed by atoms with Gasteiger partial charge in [-0.2, -0.15) is 8.78 Å². The summed E-state index contributed by atoms with van der Waals surface area (Å²) in [6.45, 7) is -1.30. The molecule has 0 radical (unpaired) electrons. The van der Waals surface area contributed by atoms with Gasteiger partial charge in [-0.25, -0.2) is 4.68 Å². The third-order valence-electron chi connectivity index (χ3n) is 3.61. The summed E-state index contributed by atoms with van der Waals surface area (Å²) < 4.78 is 35.4. The van der Waals surface area contributed by atoms with Crippen molar-refractivity contribution in [3.63, 3.8) is 0 Å². The molecule has 2 heterocycles. The lowest BCUT2D eigenvalue weighted by Crippen LogP contribution is -2.18. The second kappa shape index (κ2) is 7.52. The summed E-state index contributed by atoms with van der Waals surface area (Å²) in [4.78, 5) is 16.6. The molecule has 26 heavy (non-hydrogen) atoms. The molecule has 0 saturated heterocycles. The number of ether oxygens (including phenoxy) is 1. The minimum Gasteiger partial charge on any atom is -0.435 e. The number of Topliss-reactive ketones (excluding diaryl/α,β-unsaturated/α-hetero) is 1. The smallest absolute Gasteiger partial charge is 0.387 e. The molecule has 0 unspecified atom stereocenters. The number of ketones is 1. The number of carbonyl (C=O) groups excluding carboxylic acids is 1. The first-order valence-electron chi connectivity index (χ1n) is 7.55. The van der Waals surface area contributed by atoms with Gasteiger partial charge < -0.3 is 9.15 Å². The second-order valence-corrected chi connectivity index (χ2v) is 5.65. The standard InChI is InChI=1S/C17H13F2N3O3S/c1-10(14(23)11-2-4-13(5-3-11)24-16(18)19)22-17(26)25-15(21-22)12-6-8-20-9-7-12/h2-10,16H,1H3/t10-/m0/s1. The van der Waals surface area contributed by atoms with Crippen LogP contribution < -0.4 is 4.74 Å². The molecule has 3 rings (SSSR count). The lowest BCUT2D eigenvalue weighted by molar-refractivity contribution is -0.0498. The summed E-state index contributed by atoms with van der Waals surface area (Å²) in [5.41, 5.74) is 0.993. The third-order valence-corrected chi connectivity index (χ3v) is 3.88. The molecule has 0 spiro atoms. The Morgan fingerprint density at radius 3 is 2.46 bits per heavy atom. The van der Waals surface area contributed by atoms with Crippen LogP contribution in [0.4, 0.5) is 8.78 Å². The molecule has 0 aliphatic rings. The van der Waals surface area contributed by atoms with E-state index in [1.165, 1.54) is 28.9 Å². The quantitative estimate of drug-likeness (QED) is 0.471.